The summed E-state index contributed by atoms with van der Waals surface area (Å²) in [5, 5.41) is 14.0. The molecule has 8 nitrogen and oxygen atoms in total. The van der Waals surface area contributed by atoms with Gasteiger partial charge in [-0.15, -0.1) is 0 Å². The van der Waals surface area contributed by atoms with E-state index in [1.807, 2.05) is 105 Å². The average Bonchev–Trinajstić information content (AvgIpc) is 2.99. The van der Waals surface area contributed by atoms with Crippen LogP contribution in [0.25, 0.3) is 0 Å². The first-order chi connectivity index (χ1) is 21.3. The van der Waals surface area contributed by atoms with Crippen molar-refractivity contribution in [1.29, 1.82) is 0 Å². The van der Waals surface area contributed by atoms with Crippen LogP contribution in [0.3, 0.4) is 0 Å². The zero-order valence-corrected chi connectivity index (χ0v) is 27.2. The monoisotopic (exact) mass is 615 g/mol. The van der Waals surface area contributed by atoms with Gasteiger partial charge in [-0.2, -0.15) is 0 Å². The zero-order chi connectivity index (χ0) is 33.0. The van der Waals surface area contributed by atoms with Gasteiger partial charge in [-0.05, 0) is 69.1 Å². The third kappa shape index (κ3) is 12.1. The molecule has 4 atom stereocenters. The van der Waals surface area contributed by atoms with Gasteiger partial charge >= 0.3 is 6.09 Å². The molecule has 8 heteroatoms. The van der Waals surface area contributed by atoms with E-state index in [4.69, 9.17) is 10.5 Å². The van der Waals surface area contributed by atoms with Crippen molar-refractivity contribution in [2.45, 2.75) is 90.6 Å². The van der Waals surface area contributed by atoms with Crippen LogP contribution in [-0.2, 0) is 33.7 Å². The zero-order valence-electron chi connectivity index (χ0n) is 27.2. The maximum absolute atomic E-state index is 14.5. The van der Waals surface area contributed by atoms with Gasteiger partial charge in [-0.1, -0.05) is 105 Å². The van der Waals surface area contributed by atoms with Gasteiger partial charge in [0.05, 0.1) is 12.6 Å². The van der Waals surface area contributed by atoms with Gasteiger partial charge in [0.25, 0.3) is 5.91 Å². The molecular weight excluding hydrogens is 566 g/mol. The molecule has 4 N–H and O–H groups in total. The van der Waals surface area contributed by atoms with Gasteiger partial charge in [-0.3, -0.25) is 14.5 Å². The number of alkyl carbamates (subject to hydrolysis) is 1. The highest BCUT2D eigenvalue weighted by Crippen LogP contribution is 2.23. The molecule has 3 aromatic rings. The smallest absolute Gasteiger partial charge is 0.408 e. The molecule has 1 unspecified atom stereocenters. The molecule has 242 valence electrons. The normalized spacial score (nSPS) is 14.2. The quantitative estimate of drug-likeness (QED) is 0.215. The topological polar surface area (TPSA) is 122 Å². The van der Waals surface area contributed by atoms with Crippen LogP contribution in [0.5, 0.6) is 0 Å². The van der Waals surface area contributed by atoms with Crippen LogP contribution in [0.15, 0.2) is 91.0 Å². The van der Waals surface area contributed by atoms with E-state index in [0.717, 1.165) is 16.7 Å². The molecule has 0 spiro atoms. The second-order valence-electron chi connectivity index (χ2n) is 13.1. The number of nitrogens with one attached hydrogen (secondary N) is 1. The third-order valence-electron chi connectivity index (χ3n) is 7.42. The van der Waals surface area contributed by atoms with Crippen LogP contribution >= 0.6 is 0 Å². The van der Waals surface area contributed by atoms with E-state index >= 15 is 0 Å². The largest absolute Gasteiger partial charge is 0.444 e. The fraction of sp³-hybridized carbons (Fsp3) is 0.432. The molecule has 45 heavy (non-hydrogen) atoms. The van der Waals surface area contributed by atoms with E-state index in [2.05, 4.69) is 5.32 Å². The number of benzene rings is 3. The number of imide groups is 1. The maximum Gasteiger partial charge on any atom is 0.408 e. The Kier molecular flexibility index (Phi) is 13.3. The van der Waals surface area contributed by atoms with Crippen molar-refractivity contribution in [3.8, 4) is 0 Å². The molecule has 0 saturated carbocycles. The predicted octanol–water partition coefficient (Wildman–Crippen LogP) is 5.66. The van der Waals surface area contributed by atoms with Crippen LogP contribution in [-0.4, -0.2) is 51.7 Å². The molecule has 0 radical (unpaired) electrons. The Bertz CT molecular complexity index is 1340. The van der Waals surface area contributed by atoms with E-state index in [9.17, 15) is 19.5 Å². The van der Waals surface area contributed by atoms with Crippen molar-refractivity contribution in [2.24, 2.45) is 17.6 Å². The van der Waals surface area contributed by atoms with Crippen molar-refractivity contribution in [1.82, 2.24) is 10.2 Å². The molecule has 0 bridgehead atoms. The molecule has 3 amide bonds. The summed E-state index contributed by atoms with van der Waals surface area (Å²) >= 11 is 0. The number of nitrogens with two attached hydrogens (primary N) is 1. The molecule has 0 fully saturated rings. The van der Waals surface area contributed by atoms with Gasteiger partial charge < -0.3 is 20.9 Å². The Morgan fingerprint density at radius 3 is 1.76 bits per heavy atom. The standard InChI is InChI=1S/C37H49N3O5/c1-26(2)21-32(39-36(44)45-37(3,4)5)35(43)40(25-29-19-13-8-14-20-29)34(42)30(22-27-15-9-6-10-16-27)24-33(41)31(38)23-28-17-11-7-12-18-28/h6-20,26,30-33,41H,21-25,38H2,1-5H3,(H,39,44)/t30-,31+,32?,33+/m1/s1. The predicted molar refractivity (Wildman–Crippen MR) is 177 cm³/mol. The summed E-state index contributed by atoms with van der Waals surface area (Å²) in [4.78, 5) is 42.9. The van der Waals surface area contributed by atoms with Crippen molar-refractivity contribution >= 4 is 17.9 Å². The second-order valence-corrected chi connectivity index (χ2v) is 13.1. The van der Waals surface area contributed by atoms with Crippen LogP contribution in [0, 0.1) is 11.8 Å². The van der Waals surface area contributed by atoms with Gasteiger partial charge in [0.15, 0.2) is 0 Å². The lowest BCUT2D eigenvalue weighted by Crippen LogP contribution is -2.53. The number of aliphatic hydroxyl groups is 1. The Balaban J connectivity index is 1.95. The Hall–Kier alpha value is -4.01. The molecule has 3 rings (SSSR count). The number of carbonyl (C=O) groups excluding carboxylic acids is 3. The Morgan fingerprint density at radius 2 is 1.27 bits per heavy atom. The van der Waals surface area contributed by atoms with Gasteiger partial charge in [0, 0.05) is 12.0 Å². The number of carbonyl (C=O) groups is 3. The molecule has 0 aliphatic rings. The van der Waals surface area contributed by atoms with E-state index < -0.39 is 47.6 Å². The van der Waals surface area contributed by atoms with Gasteiger partial charge in [-0.25, -0.2) is 4.79 Å². The van der Waals surface area contributed by atoms with Gasteiger partial charge in [0.1, 0.15) is 11.6 Å². The fourth-order valence-corrected chi connectivity index (χ4v) is 5.24. The fourth-order valence-electron chi connectivity index (χ4n) is 5.24. The molecule has 0 saturated heterocycles. The lowest BCUT2D eigenvalue weighted by molar-refractivity contribution is -0.150. The third-order valence-corrected chi connectivity index (χ3v) is 7.42. The summed E-state index contributed by atoms with van der Waals surface area (Å²) < 4.78 is 5.46. The summed E-state index contributed by atoms with van der Waals surface area (Å²) in [5.74, 6) is -1.67. The SMILES string of the molecule is CC(C)CC(NC(=O)OC(C)(C)C)C(=O)N(Cc1ccccc1)C(=O)[C@H](Cc1ccccc1)C[C@H](O)[C@@H](N)Cc1ccccc1. The van der Waals surface area contributed by atoms with E-state index in [0.29, 0.717) is 19.3 Å². The minimum Gasteiger partial charge on any atom is -0.444 e. The molecular formula is C37H49N3O5. The van der Waals surface area contributed by atoms with E-state index in [-0.39, 0.29) is 18.9 Å². The highest BCUT2D eigenvalue weighted by molar-refractivity contribution is 5.99. The first-order valence-electron chi connectivity index (χ1n) is 15.7. The molecule has 0 heterocycles. The minimum absolute atomic E-state index is 0.0144. The molecule has 0 aliphatic carbocycles. The lowest BCUT2D eigenvalue weighted by atomic mass is 9.88. The van der Waals surface area contributed by atoms with Crippen LogP contribution < -0.4 is 11.1 Å². The number of amides is 3. The lowest BCUT2D eigenvalue weighted by Gasteiger charge is -2.32. The number of ether oxygens (including phenoxy) is 1. The average molecular weight is 616 g/mol. The summed E-state index contributed by atoms with van der Waals surface area (Å²) in [7, 11) is 0. The first-order valence-corrected chi connectivity index (χ1v) is 15.7. The van der Waals surface area contributed by atoms with Crippen molar-refractivity contribution in [3.05, 3.63) is 108 Å². The molecule has 0 aromatic heterocycles. The van der Waals surface area contributed by atoms with E-state index in [1.54, 1.807) is 20.8 Å². The second kappa shape index (κ2) is 16.9. The van der Waals surface area contributed by atoms with Crippen molar-refractivity contribution in [3.63, 3.8) is 0 Å². The first kappa shape index (κ1) is 35.5. The minimum atomic E-state index is -0.997. The number of aliphatic hydroxyl groups excluding tert-OH is 1. The Labute approximate surface area is 268 Å². The van der Waals surface area contributed by atoms with Crippen LogP contribution in [0.2, 0.25) is 0 Å². The van der Waals surface area contributed by atoms with Gasteiger partial charge in [0.2, 0.25) is 5.91 Å². The van der Waals surface area contributed by atoms with E-state index in [1.165, 1.54) is 4.90 Å². The highest BCUT2D eigenvalue weighted by Gasteiger charge is 2.36. The van der Waals surface area contributed by atoms with Crippen molar-refractivity contribution < 1.29 is 24.2 Å². The highest BCUT2D eigenvalue weighted by atomic mass is 16.6. The molecule has 3 aromatic carbocycles. The maximum atomic E-state index is 14.5. The Morgan fingerprint density at radius 1 is 0.778 bits per heavy atom. The molecule has 0 aliphatic heterocycles. The summed E-state index contributed by atoms with van der Waals surface area (Å²) in [6.45, 7) is 9.16. The summed E-state index contributed by atoms with van der Waals surface area (Å²) in [6, 6.07) is 26.8. The number of rotatable bonds is 14. The summed E-state index contributed by atoms with van der Waals surface area (Å²) in [5.41, 5.74) is 8.35. The number of hydrogen-bond acceptors (Lipinski definition) is 6. The number of hydrogen-bond donors (Lipinski definition) is 3. The van der Waals surface area contributed by atoms with Crippen LogP contribution in [0.4, 0.5) is 4.79 Å². The number of nitrogens with zero attached hydrogens (tertiary/aromatic N) is 1. The van der Waals surface area contributed by atoms with Crippen molar-refractivity contribution in [2.75, 3.05) is 0 Å². The summed E-state index contributed by atoms with van der Waals surface area (Å²) in [6.07, 6.45) is -0.599. The van der Waals surface area contributed by atoms with Crippen LogP contribution in [0.1, 0.15) is 64.2 Å².